The summed E-state index contributed by atoms with van der Waals surface area (Å²) < 4.78 is 87.4. The Morgan fingerprint density at radius 2 is 2.23 bits per heavy atom. The molecule has 0 spiro atoms. The second kappa shape index (κ2) is 2.90. The number of aromatic nitrogens is 1. The maximum absolute atomic E-state index is 12.8. The van der Waals surface area contributed by atoms with E-state index < -0.39 is 48.3 Å². The monoisotopic (exact) mass is 198 g/mol. The van der Waals surface area contributed by atoms with Gasteiger partial charge in [0.2, 0.25) is 0 Å². The number of halogens is 3. The van der Waals surface area contributed by atoms with Crippen LogP contribution in [-0.2, 0) is 6.18 Å². The fraction of sp³-hybridized carbons (Fsp3) is 0.375. The Bertz CT molecular complexity index is 584. The van der Waals surface area contributed by atoms with Crippen LogP contribution in [-0.4, -0.2) is 4.98 Å². The molecule has 0 atom stereocenters. The Morgan fingerprint density at radius 1 is 1.54 bits per heavy atom. The molecule has 0 aliphatic carbocycles. The lowest BCUT2D eigenvalue weighted by Crippen LogP contribution is -2.18. The molecule has 0 aromatic carbocycles. The molecule has 1 aromatic heterocycles. The van der Waals surface area contributed by atoms with Gasteiger partial charge in [-0.15, -0.1) is 0 Å². The molecule has 1 rings (SSSR count). The summed E-state index contributed by atoms with van der Waals surface area (Å²) in [5.74, 6) is 0. The average Bonchev–Trinajstić information content (AvgIpc) is 2.15. The SMILES string of the molecule is [2H]c1c(C([2H])([2H])[2H])[nH]c(C(F)(F)F)c(C([2H])([2H])[2H])c1=O. The highest BCUT2D eigenvalue weighted by Crippen LogP contribution is 2.28. The van der Waals surface area contributed by atoms with Crippen molar-refractivity contribution in [2.45, 2.75) is 19.9 Å². The Labute approximate surface area is 82.2 Å². The second-order valence-corrected chi connectivity index (χ2v) is 2.20. The van der Waals surface area contributed by atoms with E-state index in [1.807, 2.05) is 0 Å². The van der Waals surface area contributed by atoms with Gasteiger partial charge >= 0.3 is 6.18 Å². The van der Waals surface area contributed by atoms with Crippen LogP contribution in [0.3, 0.4) is 0 Å². The van der Waals surface area contributed by atoms with Crippen LogP contribution in [0.15, 0.2) is 10.8 Å². The highest BCUT2D eigenvalue weighted by atomic mass is 19.4. The summed E-state index contributed by atoms with van der Waals surface area (Å²) in [6.07, 6.45) is -5.27. The minimum absolute atomic E-state index is 1.25. The third-order valence-corrected chi connectivity index (χ3v) is 1.25. The lowest BCUT2D eigenvalue weighted by atomic mass is 10.2. The van der Waals surface area contributed by atoms with E-state index in [4.69, 9.17) is 9.60 Å². The molecule has 0 amide bonds. The second-order valence-electron chi connectivity index (χ2n) is 2.20. The number of aryl methyl sites for hydroxylation is 1. The molecule has 1 aromatic rings. The summed E-state index contributed by atoms with van der Waals surface area (Å²) in [6, 6.07) is -1.32. The molecule has 0 bridgehead atoms. The number of hydrogen-bond donors (Lipinski definition) is 1. The zero-order valence-electron chi connectivity index (χ0n) is 13.0. The smallest absolute Gasteiger partial charge is 0.355 e. The van der Waals surface area contributed by atoms with E-state index >= 15 is 0 Å². The molecule has 0 saturated heterocycles. The van der Waals surface area contributed by atoms with Gasteiger partial charge in [-0.05, 0) is 13.7 Å². The molecule has 0 aliphatic heterocycles. The number of rotatable bonds is 0. The van der Waals surface area contributed by atoms with Gasteiger partial charge in [-0.2, -0.15) is 13.2 Å². The van der Waals surface area contributed by atoms with Gasteiger partial charge in [0.25, 0.3) is 0 Å². The molecule has 13 heavy (non-hydrogen) atoms. The quantitative estimate of drug-likeness (QED) is 0.679. The van der Waals surface area contributed by atoms with Crippen molar-refractivity contribution >= 4 is 0 Å². The fourth-order valence-corrected chi connectivity index (χ4v) is 0.721. The van der Waals surface area contributed by atoms with Crippen molar-refractivity contribution in [1.29, 1.82) is 0 Å². The summed E-state index contributed by atoms with van der Waals surface area (Å²) in [7, 11) is 0. The topological polar surface area (TPSA) is 32.9 Å². The number of alkyl halides is 3. The van der Waals surface area contributed by atoms with Crippen LogP contribution in [0.1, 0.15) is 26.5 Å². The Morgan fingerprint density at radius 3 is 2.69 bits per heavy atom. The van der Waals surface area contributed by atoms with Crippen molar-refractivity contribution in [3.05, 3.63) is 33.2 Å². The fourth-order valence-electron chi connectivity index (χ4n) is 0.721. The van der Waals surface area contributed by atoms with E-state index in [2.05, 4.69) is 0 Å². The first-order valence-electron chi connectivity index (χ1n) is 6.52. The van der Waals surface area contributed by atoms with E-state index in [0.717, 1.165) is 0 Å². The number of pyridine rings is 1. The maximum Gasteiger partial charge on any atom is 0.431 e. The predicted octanol–water partition coefficient (Wildman–Crippen LogP) is 2.01. The zero-order valence-corrected chi connectivity index (χ0v) is 6.04. The summed E-state index contributed by atoms with van der Waals surface area (Å²) in [4.78, 5) is 13.0. The minimum atomic E-state index is -5.27. The van der Waals surface area contributed by atoms with Gasteiger partial charge in [0.1, 0.15) is 5.69 Å². The van der Waals surface area contributed by atoms with E-state index in [1.54, 1.807) is 0 Å². The standard InChI is InChI=1S/C8H8F3NO/c1-4-3-6(13)5(2)7(12-4)8(9,10)11/h3H,1-2H3,(H,12,13)/i1D3,2D3,3D. The number of hydrogen-bond acceptors (Lipinski definition) is 1. The van der Waals surface area contributed by atoms with Crippen molar-refractivity contribution in [2.24, 2.45) is 0 Å². The van der Waals surface area contributed by atoms with Crippen molar-refractivity contribution in [1.82, 2.24) is 4.98 Å². The van der Waals surface area contributed by atoms with Crippen molar-refractivity contribution < 1.29 is 22.8 Å². The first-order chi connectivity index (χ1) is 8.67. The normalized spacial score (nSPS) is 21.6. The van der Waals surface area contributed by atoms with E-state index in [0.29, 0.717) is 0 Å². The lowest BCUT2D eigenvalue weighted by molar-refractivity contribution is -0.141. The zero-order chi connectivity index (χ0) is 16.1. The first kappa shape index (κ1) is 3.86. The molecule has 1 heterocycles. The molecule has 1 N–H and O–H groups in total. The third-order valence-electron chi connectivity index (χ3n) is 1.25. The number of nitrogens with one attached hydrogen (secondary N) is 1. The Hall–Kier alpha value is -1.26. The molecular weight excluding hydrogens is 183 g/mol. The third kappa shape index (κ3) is 1.91. The van der Waals surface area contributed by atoms with Gasteiger partial charge in [-0.3, -0.25) is 4.79 Å². The van der Waals surface area contributed by atoms with Crippen LogP contribution >= 0.6 is 0 Å². The molecule has 0 unspecified atom stereocenters. The van der Waals surface area contributed by atoms with E-state index in [1.165, 1.54) is 4.98 Å². The van der Waals surface area contributed by atoms with Gasteiger partial charge in [0.15, 0.2) is 5.43 Å². The maximum atomic E-state index is 12.8. The van der Waals surface area contributed by atoms with E-state index in [9.17, 15) is 18.0 Å². The first-order valence-corrected chi connectivity index (χ1v) is 3.02. The van der Waals surface area contributed by atoms with Crippen LogP contribution in [0, 0.1) is 13.7 Å². The Kier molecular flexibility index (Phi) is 0.861. The van der Waals surface area contributed by atoms with Crippen molar-refractivity contribution in [3.63, 3.8) is 0 Å². The average molecular weight is 198 g/mol. The highest BCUT2D eigenvalue weighted by molar-refractivity contribution is 5.23. The number of aromatic amines is 1. The molecule has 0 fully saturated rings. The van der Waals surface area contributed by atoms with Gasteiger partial charge in [-0.1, -0.05) is 0 Å². The summed E-state index contributed by atoms with van der Waals surface area (Å²) in [6.45, 7) is -6.61. The lowest BCUT2D eigenvalue weighted by Gasteiger charge is -2.09. The van der Waals surface area contributed by atoms with Gasteiger partial charge in [0.05, 0.1) is 1.37 Å². The highest BCUT2D eigenvalue weighted by Gasteiger charge is 2.34. The van der Waals surface area contributed by atoms with Crippen molar-refractivity contribution in [2.75, 3.05) is 0 Å². The number of H-pyrrole nitrogens is 1. The summed E-state index contributed by atoms with van der Waals surface area (Å²) >= 11 is 0. The molecule has 5 heteroatoms. The molecule has 0 radical (unpaired) electrons. The van der Waals surface area contributed by atoms with Crippen molar-refractivity contribution in [3.8, 4) is 0 Å². The van der Waals surface area contributed by atoms with Crippen LogP contribution in [0.25, 0.3) is 0 Å². The van der Waals surface area contributed by atoms with Crippen LogP contribution < -0.4 is 5.43 Å². The minimum Gasteiger partial charge on any atom is -0.355 e. The van der Waals surface area contributed by atoms with Gasteiger partial charge in [-0.25, -0.2) is 0 Å². The van der Waals surface area contributed by atoms with Crippen LogP contribution in [0.2, 0.25) is 0 Å². The van der Waals surface area contributed by atoms with Crippen LogP contribution in [0.4, 0.5) is 13.2 Å². The van der Waals surface area contributed by atoms with Gasteiger partial charge < -0.3 is 4.98 Å². The van der Waals surface area contributed by atoms with Crippen LogP contribution in [0.5, 0.6) is 0 Å². The van der Waals surface area contributed by atoms with E-state index in [-0.39, 0.29) is 0 Å². The Balaban J connectivity index is 3.90. The van der Waals surface area contributed by atoms with Gasteiger partial charge in [0, 0.05) is 25.5 Å². The molecule has 72 valence electrons. The molecule has 0 saturated carbocycles. The summed E-state index contributed by atoms with van der Waals surface area (Å²) in [5.41, 5.74) is -6.63. The molecular formula is C8H8F3NO. The summed E-state index contributed by atoms with van der Waals surface area (Å²) in [5, 5.41) is 0. The predicted molar refractivity (Wildman–Crippen MR) is 41.5 cm³/mol. The molecule has 0 aliphatic rings. The largest absolute Gasteiger partial charge is 0.431 e. The molecule has 2 nitrogen and oxygen atoms in total.